The van der Waals surface area contributed by atoms with E-state index in [9.17, 15) is 8.78 Å². The Hall–Kier alpha value is -3.01. The number of fused-ring (bicyclic) bond motifs is 1. The van der Waals surface area contributed by atoms with Crippen LogP contribution < -0.4 is 0 Å². The highest BCUT2D eigenvalue weighted by atomic mass is 19.1. The minimum absolute atomic E-state index is 0.0652. The van der Waals surface area contributed by atoms with Gasteiger partial charge in [0.25, 0.3) is 0 Å². The lowest BCUT2D eigenvalue weighted by Crippen LogP contribution is -1.97. The monoisotopic (exact) mass is 334 g/mol. The minimum atomic E-state index is -0.535. The van der Waals surface area contributed by atoms with Crippen LogP contribution >= 0.6 is 0 Å². The summed E-state index contributed by atoms with van der Waals surface area (Å²) in [6.45, 7) is 2.03. The fourth-order valence-corrected chi connectivity index (χ4v) is 3.09. The van der Waals surface area contributed by atoms with Crippen LogP contribution in [-0.2, 0) is 6.42 Å². The van der Waals surface area contributed by atoms with Crippen molar-refractivity contribution in [3.63, 3.8) is 0 Å². The first-order valence-corrected chi connectivity index (χ1v) is 8.10. The van der Waals surface area contributed by atoms with Gasteiger partial charge >= 0.3 is 0 Å². The molecule has 0 atom stereocenters. The number of rotatable bonds is 3. The molecule has 0 aliphatic rings. The Labute approximate surface area is 144 Å². The molecule has 0 spiro atoms. The summed E-state index contributed by atoms with van der Waals surface area (Å²) in [4.78, 5) is 8.01. The van der Waals surface area contributed by atoms with E-state index >= 15 is 0 Å². The van der Waals surface area contributed by atoms with Gasteiger partial charge in [0.15, 0.2) is 0 Å². The van der Waals surface area contributed by atoms with E-state index in [4.69, 9.17) is 4.98 Å². The molecule has 25 heavy (non-hydrogen) atoms. The van der Waals surface area contributed by atoms with Gasteiger partial charge in [0, 0.05) is 17.5 Å². The van der Waals surface area contributed by atoms with Crippen molar-refractivity contribution >= 4 is 11.0 Å². The summed E-state index contributed by atoms with van der Waals surface area (Å²) in [5.41, 5.74) is 4.58. The Morgan fingerprint density at radius 3 is 2.36 bits per heavy atom. The Bertz CT molecular complexity index is 1050. The quantitative estimate of drug-likeness (QED) is 0.533. The normalized spacial score (nSPS) is 11.2. The zero-order chi connectivity index (χ0) is 17.4. The van der Waals surface area contributed by atoms with E-state index in [0.29, 0.717) is 0 Å². The number of nitrogens with zero attached hydrogens (tertiary/aromatic N) is 1. The highest BCUT2D eigenvalue weighted by Gasteiger charge is 2.14. The summed E-state index contributed by atoms with van der Waals surface area (Å²) in [5, 5.41) is 0. The molecule has 4 heteroatoms. The number of aromatic nitrogens is 2. The first-order chi connectivity index (χ1) is 12.1. The minimum Gasteiger partial charge on any atom is -0.338 e. The predicted molar refractivity (Wildman–Crippen MR) is 95.4 cm³/mol. The molecule has 0 amide bonds. The molecule has 0 radical (unpaired) electrons. The molecule has 0 aliphatic carbocycles. The number of halogens is 2. The largest absolute Gasteiger partial charge is 0.338 e. The van der Waals surface area contributed by atoms with E-state index in [1.54, 1.807) is 0 Å². The standard InChI is InChI=1S/C21H16F2N2/c1-13-6-2-3-8-15(13)21-24-19-11-4-7-14(20(19)25-21)12-16-17(22)9-5-10-18(16)23/h2-11H,12H2,1H3,(H,24,25). The lowest BCUT2D eigenvalue weighted by molar-refractivity contribution is 0.561. The summed E-state index contributed by atoms with van der Waals surface area (Å²) in [6.07, 6.45) is 0.161. The first kappa shape index (κ1) is 15.5. The van der Waals surface area contributed by atoms with Gasteiger partial charge in [0.05, 0.1) is 11.0 Å². The van der Waals surface area contributed by atoms with Crippen LogP contribution in [-0.4, -0.2) is 9.97 Å². The first-order valence-electron chi connectivity index (χ1n) is 8.10. The Balaban J connectivity index is 1.82. The molecule has 0 saturated carbocycles. The van der Waals surface area contributed by atoms with Crippen molar-refractivity contribution in [3.05, 3.63) is 89.0 Å². The second-order valence-corrected chi connectivity index (χ2v) is 6.09. The molecular weight excluding hydrogens is 318 g/mol. The van der Waals surface area contributed by atoms with E-state index in [1.165, 1.54) is 18.2 Å². The molecule has 1 aromatic heterocycles. The summed E-state index contributed by atoms with van der Waals surface area (Å²) in [6, 6.07) is 17.6. The van der Waals surface area contributed by atoms with Gasteiger partial charge in [-0.15, -0.1) is 0 Å². The number of aryl methyl sites for hydroxylation is 1. The van der Waals surface area contributed by atoms with Crippen molar-refractivity contribution in [2.45, 2.75) is 13.3 Å². The van der Waals surface area contributed by atoms with Crippen LogP contribution in [0.5, 0.6) is 0 Å². The van der Waals surface area contributed by atoms with Crippen molar-refractivity contribution in [3.8, 4) is 11.4 Å². The maximum absolute atomic E-state index is 14.0. The number of H-pyrrole nitrogens is 1. The van der Waals surface area contributed by atoms with Crippen LogP contribution in [0.25, 0.3) is 22.4 Å². The van der Waals surface area contributed by atoms with Crippen molar-refractivity contribution < 1.29 is 8.78 Å². The average molecular weight is 334 g/mol. The van der Waals surface area contributed by atoms with Crippen molar-refractivity contribution in [1.82, 2.24) is 9.97 Å². The lowest BCUT2D eigenvalue weighted by atomic mass is 10.0. The van der Waals surface area contributed by atoms with Crippen LogP contribution in [0.1, 0.15) is 16.7 Å². The van der Waals surface area contributed by atoms with E-state index in [0.717, 1.165) is 33.5 Å². The molecule has 0 saturated heterocycles. The van der Waals surface area contributed by atoms with E-state index in [-0.39, 0.29) is 12.0 Å². The molecule has 2 nitrogen and oxygen atoms in total. The van der Waals surface area contributed by atoms with E-state index in [1.807, 2.05) is 49.4 Å². The van der Waals surface area contributed by atoms with Gasteiger partial charge in [0.2, 0.25) is 0 Å². The van der Waals surface area contributed by atoms with Gasteiger partial charge < -0.3 is 4.98 Å². The maximum atomic E-state index is 14.0. The van der Waals surface area contributed by atoms with Crippen LogP contribution in [0.15, 0.2) is 60.7 Å². The number of para-hydroxylation sites is 1. The Morgan fingerprint density at radius 1 is 0.880 bits per heavy atom. The van der Waals surface area contributed by atoms with Gasteiger partial charge in [-0.2, -0.15) is 0 Å². The summed E-state index contributed by atoms with van der Waals surface area (Å²) in [5.74, 6) is -0.312. The molecule has 1 N–H and O–H groups in total. The lowest BCUT2D eigenvalue weighted by Gasteiger charge is -2.05. The third kappa shape index (κ3) is 2.80. The van der Waals surface area contributed by atoms with Gasteiger partial charge in [-0.25, -0.2) is 13.8 Å². The van der Waals surface area contributed by atoms with Gasteiger partial charge in [-0.1, -0.05) is 42.5 Å². The molecule has 0 fully saturated rings. The highest BCUT2D eigenvalue weighted by molar-refractivity contribution is 5.83. The summed E-state index contributed by atoms with van der Waals surface area (Å²) < 4.78 is 28.0. The van der Waals surface area contributed by atoms with Crippen LogP contribution in [0.2, 0.25) is 0 Å². The molecule has 0 aliphatic heterocycles. The smallest absolute Gasteiger partial charge is 0.138 e. The van der Waals surface area contributed by atoms with E-state index in [2.05, 4.69) is 4.98 Å². The summed E-state index contributed by atoms with van der Waals surface area (Å²) in [7, 11) is 0. The van der Waals surface area contributed by atoms with Crippen LogP contribution in [0, 0.1) is 18.6 Å². The number of benzene rings is 3. The number of imidazole rings is 1. The second-order valence-electron chi connectivity index (χ2n) is 6.09. The van der Waals surface area contributed by atoms with Crippen LogP contribution in [0.4, 0.5) is 8.78 Å². The molecule has 4 aromatic rings. The average Bonchev–Trinajstić information content (AvgIpc) is 3.03. The zero-order valence-corrected chi connectivity index (χ0v) is 13.7. The zero-order valence-electron chi connectivity index (χ0n) is 13.7. The van der Waals surface area contributed by atoms with Crippen molar-refractivity contribution in [2.24, 2.45) is 0 Å². The molecular formula is C21H16F2N2. The number of hydrogen-bond acceptors (Lipinski definition) is 1. The molecule has 1 heterocycles. The topological polar surface area (TPSA) is 28.7 Å². The molecule has 124 valence electrons. The number of aromatic amines is 1. The molecule has 3 aromatic carbocycles. The second kappa shape index (κ2) is 6.13. The number of nitrogens with one attached hydrogen (secondary N) is 1. The number of hydrogen-bond donors (Lipinski definition) is 1. The van der Waals surface area contributed by atoms with Gasteiger partial charge in [-0.05, 0) is 36.2 Å². The molecule has 0 bridgehead atoms. The van der Waals surface area contributed by atoms with Crippen molar-refractivity contribution in [2.75, 3.05) is 0 Å². The van der Waals surface area contributed by atoms with Crippen LogP contribution in [0.3, 0.4) is 0 Å². The summed E-state index contributed by atoms with van der Waals surface area (Å²) >= 11 is 0. The highest BCUT2D eigenvalue weighted by Crippen LogP contribution is 2.27. The third-order valence-electron chi connectivity index (χ3n) is 4.43. The van der Waals surface area contributed by atoms with Crippen molar-refractivity contribution in [1.29, 1.82) is 0 Å². The molecule has 4 rings (SSSR count). The fourth-order valence-electron chi connectivity index (χ4n) is 3.09. The fraction of sp³-hybridized carbons (Fsp3) is 0.0952. The third-order valence-corrected chi connectivity index (χ3v) is 4.43. The Morgan fingerprint density at radius 2 is 1.60 bits per heavy atom. The van der Waals surface area contributed by atoms with Gasteiger partial charge in [-0.3, -0.25) is 0 Å². The van der Waals surface area contributed by atoms with E-state index < -0.39 is 11.6 Å². The maximum Gasteiger partial charge on any atom is 0.138 e. The van der Waals surface area contributed by atoms with Gasteiger partial charge in [0.1, 0.15) is 17.5 Å². The molecule has 0 unspecified atom stereocenters. The Kier molecular flexibility index (Phi) is 3.80. The SMILES string of the molecule is Cc1ccccc1-c1nc2c(Cc3c(F)cccc3F)cccc2[nH]1. The predicted octanol–water partition coefficient (Wildman–Crippen LogP) is 5.41.